The number of ether oxygens (including phenoxy) is 1. The second kappa shape index (κ2) is 5.72. The molecule has 0 bridgehead atoms. The molecule has 0 aromatic heterocycles. The number of esters is 1. The van der Waals surface area contributed by atoms with Gasteiger partial charge in [-0.25, -0.2) is 9.68 Å². The van der Waals surface area contributed by atoms with Crippen molar-refractivity contribution in [3.05, 3.63) is 36.0 Å². The highest BCUT2D eigenvalue weighted by atomic mass is 17.1. The molecule has 1 aliphatic heterocycles. The summed E-state index contributed by atoms with van der Waals surface area (Å²) >= 11 is 0. The van der Waals surface area contributed by atoms with Gasteiger partial charge in [-0.05, 0) is 31.8 Å². The van der Waals surface area contributed by atoms with Crippen LogP contribution in [0.4, 0.5) is 0 Å². The summed E-state index contributed by atoms with van der Waals surface area (Å²) in [5.74, 6) is -0.466. The average molecular weight is 264 g/mol. The van der Waals surface area contributed by atoms with Crippen LogP contribution in [0.5, 0.6) is 0 Å². The van der Waals surface area contributed by atoms with Gasteiger partial charge in [0, 0.05) is 17.9 Å². The molecule has 0 saturated carbocycles. The molecule has 19 heavy (non-hydrogen) atoms. The largest absolute Gasteiger partial charge is 0.458 e. The number of hydrogen-bond donors (Lipinski definition) is 1. The molecule has 1 fully saturated rings. The van der Waals surface area contributed by atoms with Crippen molar-refractivity contribution in [3.8, 4) is 0 Å². The van der Waals surface area contributed by atoms with E-state index in [-0.39, 0.29) is 18.0 Å². The van der Waals surface area contributed by atoms with Gasteiger partial charge in [-0.1, -0.05) is 24.8 Å². The van der Waals surface area contributed by atoms with Gasteiger partial charge in [0.15, 0.2) is 0 Å². The predicted octanol–water partition coefficient (Wildman–Crippen LogP) is 3.02. The van der Waals surface area contributed by atoms with Gasteiger partial charge >= 0.3 is 5.97 Å². The van der Waals surface area contributed by atoms with E-state index in [0.717, 1.165) is 18.4 Å². The van der Waals surface area contributed by atoms with Crippen molar-refractivity contribution in [2.45, 2.75) is 44.8 Å². The van der Waals surface area contributed by atoms with E-state index < -0.39 is 6.10 Å². The summed E-state index contributed by atoms with van der Waals surface area (Å²) in [6.07, 6.45) is 4.26. The van der Waals surface area contributed by atoms with Crippen LogP contribution in [-0.2, 0) is 14.4 Å². The van der Waals surface area contributed by atoms with E-state index in [1.54, 1.807) is 0 Å². The lowest BCUT2D eigenvalue weighted by molar-refractivity contribution is -0.272. The maximum absolute atomic E-state index is 11.7. The fourth-order valence-corrected chi connectivity index (χ4v) is 2.73. The van der Waals surface area contributed by atoms with E-state index in [9.17, 15) is 4.79 Å². The Hall–Kier alpha value is -1.39. The fourth-order valence-electron chi connectivity index (χ4n) is 2.73. The Labute approximate surface area is 113 Å². The van der Waals surface area contributed by atoms with Crippen molar-refractivity contribution in [3.63, 3.8) is 0 Å². The van der Waals surface area contributed by atoms with Gasteiger partial charge in [-0.3, -0.25) is 5.26 Å². The lowest BCUT2D eigenvalue weighted by Crippen LogP contribution is -2.25. The van der Waals surface area contributed by atoms with Crippen LogP contribution >= 0.6 is 0 Å². The highest BCUT2D eigenvalue weighted by Crippen LogP contribution is 2.36. The topological polar surface area (TPSA) is 55.8 Å². The highest BCUT2D eigenvalue weighted by molar-refractivity contribution is 5.90. The van der Waals surface area contributed by atoms with Crippen molar-refractivity contribution in [2.24, 2.45) is 5.92 Å². The second-order valence-electron chi connectivity index (χ2n) is 5.36. The van der Waals surface area contributed by atoms with Crippen LogP contribution in [0, 0.1) is 5.92 Å². The third-order valence-corrected chi connectivity index (χ3v) is 3.95. The molecule has 0 radical (unpaired) electrons. The first-order chi connectivity index (χ1) is 9.02. The molecule has 4 nitrogen and oxygen atoms in total. The molecule has 1 aliphatic carbocycles. The Kier molecular flexibility index (Phi) is 4.22. The lowest BCUT2D eigenvalue weighted by atomic mass is 9.84. The summed E-state index contributed by atoms with van der Waals surface area (Å²) in [7, 11) is 0. The fraction of sp³-hybridized carbons (Fsp3) is 0.533. The minimum Gasteiger partial charge on any atom is -0.458 e. The van der Waals surface area contributed by atoms with Crippen LogP contribution in [0.3, 0.4) is 0 Å². The molecule has 4 heteroatoms. The first-order valence-corrected chi connectivity index (χ1v) is 6.56. The van der Waals surface area contributed by atoms with Gasteiger partial charge in [0.25, 0.3) is 0 Å². The zero-order chi connectivity index (χ0) is 14.0. The summed E-state index contributed by atoms with van der Waals surface area (Å²) in [6.45, 7) is 9.80. The van der Waals surface area contributed by atoms with E-state index >= 15 is 0 Å². The molecule has 1 saturated heterocycles. The van der Waals surface area contributed by atoms with Gasteiger partial charge in [-0.15, -0.1) is 0 Å². The molecular weight excluding hydrogens is 244 g/mol. The Morgan fingerprint density at radius 3 is 2.89 bits per heavy atom. The van der Waals surface area contributed by atoms with E-state index in [1.165, 1.54) is 5.57 Å². The van der Waals surface area contributed by atoms with E-state index in [4.69, 9.17) is 9.99 Å². The Morgan fingerprint density at radius 1 is 1.47 bits per heavy atom. The number of carbonyl (C=O) groups excluding carboxylic acids is 1. The van der Waals surface area contributed by atoms with Crippen LogP contribution in [0.1, 0.15) is 32.6 Å². The highest BCUT2D eigenvalue weighted by Gasteiger charge is 2.40. The third kappa shape index (κ3) is 2.96. The molecule has 1 heterocycles. The van der Waals surface area contributed by atoms with Gasteiger partial charge in [0.05, 0.1) is 0 Å². The summed E-state index contributed by atoms with van der Waals surface area (Å²) in [5, 5.41) is 9.03. The smallest absolute Gasteiger partial charge is 0.334 e. The van der Waals surface area contributed by atoms with Crippen molar-refractivity contribution < 1.29 is 19.7 Å². The molecular formula is C15H20O4. The van der Waals surface area contributed by atoms with E-state index in [0.29, 0.717) is 18.4 Å². The summed E-state index contributed by atoms with van der Waals surface area (Å²) in [5.41, 5.74) is 2.50. The Morgan fingerprint density at radius 2 is 2.21 bits per heavy atom. The van der Waals surface area contributed by atoms with Crippen LogP contribution in [0.2, 0.25) is 0 Å². The maximum atomic E-state index is 11.7. The molecule has 2 aliphatic rings. The first kappa shape index (κ1) is 14.0. The van der Waals surface area contributed by atoms with Crippen LogP contribution in [0.25, 0.3) is 0 Å². The zero-order valence-corrected chi connectivity index (χ0v) is 11.2. The zero-order valence-electron chi connectivity index (χ0n) is 11.2. The average Bonchev–Trinajstić information content (AvgIpc) is 2.62. The van der Waals surface area contributed by atoms with Crippen molar-refractivity contribution >= 4 is 5.97 Å². The van der Waals surface area contributed by atoms with Gasteiger partial charge < -0.3 is 4.74 Å². The monoisotopic (exact) mass is 264 g/mol. The molecule has 0 aromatic rings. The van der Waals surface area contributed by atoms with Crippen molar-refractivity contribution in [2.75, 3.05) is 0 Å². The van der Waals surface area contributed by atoms with Crippen LogP contribution < -0.4 is 0 Å². The number of carbonyl (C=O) groups is 1. The molecule has 0 unspecified atom stereocenters. The number of rotatable bonds is 1. The number of allylic oxidation sites excluding steroid dienone is 1. The second-order valence-corrected chi connectivity index (χ2v) is 5.36. The van der Waals surface area contributed by atoms with Crippen LogP contribution in [0.15, 0.2) is 36.0 Å². The van der Waals surface area contributed by atoms with Gasteiger partial charge in [0.2, 0.25) is 0 Å². The molecule has 0 aromatic carbocycles. The minimum absolute atomic E-state index is 0.122. The molecule has 104 valence electrons. The van der Waals surface area contributed by atoms with E-state index in [2.05, 4.69) is 24.1 Å². The quantitative estimate of drug-likeness (QED) is 0.260. The maximum Gasteiger partial charge on any atom is 0.334 e. The predicted molar refractivity (Wildman–Crippen MR) is 71.4 cm³/mol. The standard InChI is InChI=1S/C15H20O4/c1-9-5-4-6-10(2)13(19-17)8-12-11(3)15(16)18-14(12)7-9/h5,12-14,17H,2-4,6-8H2,1H3/b9-5+/t12-,13-,14+/m1/s1. The SMILES string of the molecule is C=C1C(=O)O[C@H]2C/C(C)=C/CCC(=C)[C@H](OO)C[C@H]12. The number of fused-ring (bicyclic) bond motifs is 1. The normalized spacial score (nSPS) is 35.4. The molecule has 1 N–H and O–H groups in total. The Bertz CT molecular complexity index is 435. The molecule has 0 spiro atoms. The lowest BCUT2D eigenvalue weighted by Gasteiger charge is -2.24. The minimum atomic E-state index is -0.467. The third-order valence-electron chi connectivity index (χ3n) is 3.95. The first-order valence-electron chi connectivity index (χ1n) is 6.56. The molecule has 0 amide bonds. The van der Waals surface area contributed by atoms with Gasteiger partial charge in [-0.2, -0.15) is 0 Å². The van der Waals surface area contributed by atoms with Gasteiger partial charge in [0.1, 0.15) is 12.2 Å². The molecule has 3 atom stereocenters. The van der Waals surface area contributed by atoms with E-state index in [1.807, 2.05) is 6.92 Å². The molecule has 2 rings (SSSR count). The van der Waals surface area contributed by atoms with Crippen molar-refractivity contribution in [1.82, 2.24) is 0 Å². The van der Waals surface area contributed by atoms with Crippen LogP contribution in [-0.4, -0.2) is 23.4 Å². The summed E-state index contributed by atoms with van der Waals surface area (Å²) < 4.78 is 5.36. The number of hydrogen-bond acceptors (Lipinski definition) is 4. The summed E-state index contributed by atoms with van der Waals surface area (Å²) in [4.78, 5) is 16.2. The Balaban J connectivity index is 2.26. The van der Waals surface area contributed by atoms with Crippen molar-refractivity contribution in [1.29, 1.82) is 0 Å². The summed E-state index contributed by atoms with van der Waals surface area (Å²) in [6, 6.07) is 0.